The highest BCUT2D eigenvalue weighted by atomic mass is 16.5. The number of carbonyl (C=O) groups is 3. The number of ether oxygens (including phenoxy) is 1. The van der Waals surface area contributed by atoms with Gasteiger partial charge in [-0.2, -0.15) is 0 Å². The highest BCUT2D eigenvalue weighted by Gasteiger charge is 2.16. The van der Waals surface area contributed by atoms with Crippen LogP contribution in [0.1, 0.15) is 26.7 Å². The van der Waals surface area contributed by atoms with E-state index in [0.29, 0.717) is 13.0 Å². The van der Waals surface area contributed by atoms with Gasteiger partial charge in [-0.3, -0.25) is 14.9 Å². The third-order valence-electron chi connectivity index (χ3n) is 4.69. The fourth-order valence-electron chi connectivity index (χ4n) is 3.14. The predicted molar refractivity (Wildman–Crippen MR) is 116 cm³/mol. The first-order valence-corrected chi connectivity index (χ1v) is 9.70. The molecule has 3 aromatic heterocycles. The lowest BCUT2D eigenvalue weighted by atomic mass is 10.1. The molecule has 4 N–H and O–H groups in total. The van der Waals surface area contributed by atoms with Crippen molar-refractivity contribution in [2.24, 2.45) is 0 Å². The standard InChI is InChI=1S/C22H20N4O6/c1-30-22(29)26-15-9-19(32-12-15)21(28)25-14-8-18(31-11-14)20(27)23-7-6-13-10-24-17-5-3-2-4-16(13)17/h2-5,8-12,24H,6-7H2,1H3,(H,23,27)(H,25,28)(H,26,29). The molecule has 4 aromatic rings. The number of H-pyrrole nitrogens is 1. The molecule has 3 amide bonds. The maximum Gasteiger partial charge on any atom is 0.411 e. The normalized spacial score (nSPS) is 10.7. The van der Waals surface area contributed by atoms with Crippen molar-refractivity contribution in [3.05, 3.63) is 72.2 Å². The van der Waals surface area contributed by atoms with Crippen LogP contribution in [0.2, 0.25) is 0 Å². The Balaban J connectivity index is 1.29. The Morgan fingerprint density at radius 3 is 2.41 bits per heavy atom. The number of amides is 3. The molecule has 0 saturated heterocycles. The Hall–Kier alpha value is -4.47. The van der Waals surface area contributed by atoms with Gasteiger partial charge in [-0.1, -0.05) is 18.2 Å². The lowest BCUT2D eigenvalue weighted by molar-refractivity contribution is 0.0925. The second kappa shape index (κ2) is 9.13. The van der Waals surface area contributed by atoms with Crippen LogP contribution in [0, 0.1) is 0 Å². The summed E-state index contributed by atoms with van der Waals surface area (Å²) in [6, 6.07) is 10.7. The molecule has 3 heterocycles. The predicted octanol–water partition coefficient (Wildman–Crippen LogP) is 3.76. The van der Waals surface area contributed by atoms with Crippen molar-refractivity contribution >= 4 is 40.2 Å². The van der Waals surface area contributed by atoms with Crippen LogP contribution in [0.25, 0.3) is 10.9 Å². The van der Waals surface area contributed by atoms with Gasteiger partial charge in [0, 0.05) is 35.8 Å². The molecule has 0 aliphatic rings. The van der Waals surface area contributed by atoms with Gasteiger partial charge < -0.3 is 29.2 Å². The molecule has 0 bridgehead atoms. The summed E-state index contributed by atoms with van der Waals surface area (Å²) in [6.07, 6.45) is 4.35. The molecular formula is C22H20N4O6. The minimum Gasteiger partial charge on any atom is -0.457 e. The van der Waals surface area contributed by atoms with Crippen LogP contribution in [-0.4, -0.2) is 36.5 Å². The van der Waals surface area contributed by atoms with Crippen molar-refractivity contribution < 1.29 is 28.0 Å². The van der Waals surface area contributed by atoms with Crippen molar-refractivity contribution in [3.63, 3.8) is 0 Å². The zero-order valence-electron chi connectivity index (χ0n) is 17.1. The van der Waals surface area contributed by atoms with Gasteiger partial charge in [0.15, 0.2) is 11.5 Å². The van der Waals surface area contributed by atoms with Gasteiger partial charge in [0.1, 0.15) is 12.5 Å². The highest BCUT2D eigenvalue weighted by molar-refractivity contribution is 6.04. The molecule has 0 unspecified atom stereocenters. The molecule has 10 heteroatoms. The van der Waals surface area contributed by atoms with Crippen molar-refractivity contribution in [2.75, 3.05) is 24.3 Å². The number of para-hydroxylation sites is 1. The Morgan fingerprint density at radius 2 is 1.66 bits per heavy atom. The lowest BCUT2D eigenvalue weighted by Gasteiger charge is -2.02. The minimum atomic E-state index is -0.687. The first-order valence-electron chi connectivity index (χ1n) is 9.70. The molecule has 0 radical (unpaired) electrons. The molecule has 0 fully saturated rings. The fraction of sp³-hybridized carbons (Fsp3) is 0.136. The van der Waals surface area contributed by atoms with Gasteiger partial charge in [0.05, 0.1) is 18.5 Å². The maximum atomic E-state index is 12.3. The first-order chi connectivity index (χ1) is 15.5. The van der Waals surface area contributed by atoms with E-state index in [1.165, 1.54) is 31.8 Å². The summed E-state index contributed by atoms with van der Waals surface area (Å²) >= 11 is 0. The number of nitrogens with one attached hydrogen (secondary N) is 4. The average molecular weight is 436 g/mol. The third-order valence-corrected chi connectivity index (χ3v) is 4.69. The van der Waals surface area contributed by atoms with Gasteiger partial charge in [0.2, 0.25) is 0 Å². The van der Waals surface area contributed by atoms with E-state index in [2.05, 4.69) is 25.7 Å². The average Bonchev–Trinajstić information content (AvgIpc) is 3.54. The third kappa shape index (κ3) is 4.64. The molecular weight excluding hydrogens is 416 g/mol. The number of furan rings is 2. The number of hydrogen-bond acceptors (Lipinski definition) is 6. The number of methoxy groups -OCH3 is 1. The van der Waals surface area contributed by atoms with E-state index < -0.39 is 17.9 Å². The monoisotopic (exact) mass is 436 g/mol. The summed E-state index contributed by atoms with van der Waals surface area (Å²) in [7, 11) is 1.22. The van der Waals surface area contributed by atoms with Crippen LogP contribution >= 0.6 is 0 Å². The van der Waals surface area contributed by atoms with Crippen LogP contribution < -0.4 is 16.0 Å². The smallest absolute Gasteiger partial charge is 0.411 e. The Bertz CT molecular complexity index is 1270. The Labute approximate surface area is 181 Å². The SMILES string of the molecule is COC(=O)Nc1coc(C(=O)Nc2coc(C(=O)NCCc3c[nH]c4ccccc34)c2)c1. The molecule has 4 rings (SSSR count). The van der Waals surface area contributed by atoms with E-state index in [4.69, 9.17) is 8.83 Å². The number of aromatic amines is 1. The van der Waals surface area contributed by atoms with Crippen LogP contribution in [0.3, 0.4) is 0 Å². The van der Waals surface area contributed by atoms with Gasteiger partial charge in [-0.05, 0) is 18.1 Å². The fourth-order valence-corrected chi connectivity index (χ4v) is 3.14. The van der Waals surface area contributed by atoms with Gasteiger partial charge in [-0.15, -0.1) is 0 Å². The summed E-state index contributed by atoms with van der Waals surface area (Å²) in [5.74, 6) is -0.947. The number of hydrogen-bond donors (Lipinski definition) is 4. The van der Waals surface area contributed by atoms with Gasteiger partial charge >= 0.3 is 6.09 Å². The van der Waals surface area contributed by atoms with Crippen molar-refractivity contribution in [2.45, 2.75) is 6.42 Å². The summed E-state index contributed by atoms with van der Waals surface area (Å²) < 4.78 is 14.8. The zero-order valence-corrected chi connectivity index (χ0v) is 17.1. The number of benzene rings is 1. The number of rotatable bonds is 7. The highest BCUT2D eigenvalue weighted by Crippen LogP contribution is 2.19. The number of aromatic nitrogens is 1. The van der Waals surface area contributed by atoms with Crippen molar-refractivity contribution in [1.29, 1.82) is 0 Å². The summed E-state index contributed by atoms with van der Waals surface area (Å²) in [4.78, 5) is 39.0. The Morgan fingerprint density at radius 1 is 0.969 bits per heavy atom. The van der Waals surface area contributed by atoms with Crippen molar-refractivity contribution in [3.8, 4) is 0 Å². The van der Waals surface area contributed by atoms with E-state index >= 15 is 0 Å². The summed E-state index contributed by atoms with van der Waals surface area (Å²) in [6.45, 7) is 0.422. The topological polar surface area (TPSA) is 139 Å². The van der Waals surface area contributed by atoms with Crippen molar-refractivity contribution in [1.82, 2.24) is 10.3 Å². The molecule has 0 atom stereocenters. The van der Waals surface area contributed by atoms with Crippen LogP contribution in [0.4, 0.5) is 16.2 Å². The van der Waals surface area contributed by atoms with Crippen LogP contribution in [-0.2, 0) is 11.2 Å². The largest absolute Gasteiger partial charge is 0.457 e. The molecule has 0 saturated carbocycles. The van der Waals surface area contributed by atoms with E-state index in [0.717, 1.165) is 16.5 Å². The zero-order chi connectivity index (χ0) is 22.5. The number of carbonyl (C=O) groups excluding carboxylic acids is 3. The summed E-state index contributed by atoms with van der Waals surface area (Å²) in [5.41, 5.74) is 2.71. The first kappa shape index (κ1) is 20.8. The second-order valence-corrected chi connectivity index (χ2v) is 6.84. The molecule has 0 spiro atoms. The van der Waals surface area contributed by atoms with Crippen LogP contribution in [0.5, 0.6) is 0 Å². The summed E-state index contributed by atoms with van der Waals surface area (Å²) in [5, 5.41) is 8.85. The molecule has 0 aliphatic heterocycles. The van der Waals surface area contributed by atoms with Gasteiger partial charge in [0.25, 0.3) is 11.8 Å². The van der Waals surface area contributed by atoms with E-state index in [-0.39, 0.29) is 22.9 Å². The molecule has 32 heavy (non-hydrogen) atoms. The van der Waals surface area contributed by atoms with Crippen LogP contribution in [0.15, 0.2) is 64.0 Å². The lowest BCUT2D eigenvalue weighted by Crippen LogP contribution is -2.25. The minimum absolute atomic E-state index is 0.0395. The molecule has 1 aromatic carbocycles. The maximum absolute atomic E-state index is 12.3. The second-order valence-electron chi connectivity index (χ2n) is 6.84. The Kier molecular flexibility index (Phi) is 5.93. The molecule has 10 nitrogen and oxygen atoms in total. The van der Waals surface area contributed by atoms with E-state index in [1.54, 1.807) is 0 Å². The molecule has 0 aliphatic carbocycles. The number of anilines is 2. The number of fused-ring (bicyclic) bond motifs is 1. The van der Waals surface area contributed by atoms with E-state index in [9.17, 15) is 14.4 Å². The molecule has 164 valence electrons. The van der Waals surface area contributed by atoms with E-state index in [1.807, 2.05) is 30.5 Å². The van der Waals surface area contributed by atoms with Gasteiger partial charge in [-0.25, -0.2) is 4.79 Å². The quantitative estimate of drug-likeness (QED) is 0.348.